The molecule has 146 valence electrons. The number of nitrogens with zero attached hydrogens (tertiary/aromatic N) is 1. The van der Waals surface area contributed by atoms with Gasteiger partial charge in [0.05, 0.1) is 20.3 Å². The molecule has 7 heteroatoms. The summed E-state index contributed by atoms with van der Waals surface area (Å²) in [5.41, 5.74) is 1.39. The van der Waals surface area contributed by atoms with Crippen LogP contribution in [0.15, 0.2) is 54.2 Å². The Morgan fingerprint density at radius 2 is 1.71 bits per heavy atom. The molecule has 1 saturated heterocycles. The van der Waals surface area contributed by atoms with Gasteiger partial charge in [-0.3, -0.25) is 9.59 Å². The molecule has 0 unspecified atom stereocenters. The fourth-order valence-electron chi connectivity index (χ4n) is 2.75. The highest BCUT2D eigenvalue weighted by atomic mass is 35.5. The molecule has 0 aliphatic carbocycles. The molecule has 2 aromatic carbocycles. The third-order valence-electron chi connectivity index (χ3n) is 4.31. The van der Waals surface area contributed by atoms with Gasteiger partial charge in [-0.15, -0.1) is 0 Å². The maximum atomic E-state index is 13.0. The molecule has 0 atom stereocenters. The summed E-state index contributed by atoms with van der Waals surface area (Å²) in [5.74, 6) is 0.0860. The number of amides is 2. The lowest BCUT2D eigenvalue weighted by atomic mass is 10.1. The summed E-state index contributed by atoms with van der Waals surface area (Å²) in [6.45, 7) is 1.92. The predicted molar refractivity (Wildman–Crippen MR) is 107 cm³/mol. The van der Waals surface area contributed by atoms with E-state index < -0.39 is 0 Å². The fourth-order valence-corrected chi connectivity index (χ4v) is 2.88. The van der Waals surface area contributed by atoms with Crippen LogP contribution in [-0.4, -0.2) is 50.1 Å². The van der Waals surface area contributed by atoms with Crippen LogP contribution in [0.5, 0.6) is 5.75 Å². The number of rotatable bonds is 5. The summed E-state index contributed by atoms with van der Waals surface area (Å²) in [6.07, 6.45) is 1.66. The molecule has 1 aliphatic rings. The van der Waals surface area contributed by atoms with Crippen molar-refractivity contribution in [3.8, 4) is 5.75 Å². The molecule has 1 fully saturated rings. The first-order chi connectivity index (χ1) is 13.6. The monoisotopic (exact) mass is 400 g/mol. The number of carbonyl (C=O) groups excluding carboxylic acids is 2. The molecule has 2 amide bonds. The molecule has 0 saturated carbocycles. The maximum Gasteiger partial charge on any atom is 0.270 e. The van der Waals surface area contributed by atoms with E-state index in [0.717, 1.165) is 5.56 Å². The number of hydrogen-bond donors (Lipinski definition) is 1. The largest absolute Gasteiger partial charge is 0.497 e. The Kier molecular flexibility index (Phi) is 6.68. The second-order valence-corrected chi connectivity index (χ2v) is 6.63. The van der Waals surface area contributed by atoms with Gasteiger partial charge in [0, 0.05) is 23.7 Å². The molecule has 0 bridgehead atoms. The normalized spacial score (nSPS) is 14.5. The van der Waals surface area contributed by atoms with Crippen LogP contribution in [0.3, 0.4) is 0 Å². The van der Waals surface area contributed by atoms with Crippen molar-refractivity contribution >= 4 is 29.5 Å². The predicted octanol–water partition coefficient (Wildman–Crippen LogP) is 2.98. The van der Waals surface area contributed by atoms with Crippen molar-refractivity contribution in [3.05, 3.63) is 70.4 Å². The van der Waals surface area contributed by atoms with Crippen molar-refractivity contribution in [2.75, 3.05) is 33.4 Å². The number of carbonyl (C=O) groups is 2. The molecular formula is C21H21ClN2O4. The van der Waals surface area contributed by atoms with Gasteiger partial charge in [0.2, 0.25) is 0 Å². The average Bonchev–Trinajstić information content (AvgIpc) is 2.74. The summed E-state index contributed by atoms with van der Waals surface area (Å²) in [6, 6.07) is 13.7. The number of benzene rings is 2. The van der Waals surface area contributed by atoms with Crippen LogP contribution in [-0.2, 0) is 9.53 Å². The van der Waals surface area contributed by atoms with E-state index in [9.17, 15) is 9.59 Å². The summed E-state index contributed by atoms with van der Waals surface area (Å²) in [7, 11) is 1.59. The Morgan fingerprint density at radius 3 is 2.32 bits per heavy atom. The van der Waals surface area contributed by atoms with Crippen LogP contribution in [0.4, 0.5) is 0 Å². The molecule has 0 radical (unpaired) electrons. The fraction of sp³-hybridized carbons (Fsp3) is 0.238. The maximum absolute atomic E-state index is 13.0. The topological polar surface area (TPSA) is 67.9 Å². The summed E-state index contributed by atoms with van der Waals surface area (Å²) in [4.78, 5) is 27.3. The standard InChI is InChI=1S/C21H21ClN2O4/c1-27-18-8-2-15(3-9-18)14-19(21(26)24-10-12-28-13-11-24)23-20(25)16-4-6-17(22)7-5-16/h2-9,14H,10-13H2,1H3,(H,23,25)/b19-14-. The number of nitrogens with one attached hydrogen (secondary N) is 1. The molecule has 6 nitrogen and oxygen atoms in total. The van der Waals surface area contributed by atoms with E-state index in [1.54, 1.807) is 54.5 Å². The number of methoxy groups -OCH3 is 1. The second kappa shape index (κ2) is 9.39. The molecule has 1 aliphatic heterocycles. The first-order valence-corrected chi connectivity index (χ1v) is 9.24. The number of ether oxygens (including phenoxy) is 2. The van der Waals surface area contributed by atoms with Gasteiger partial charge < -0.3 is 19.7 Å². The number of morpholine rings is 1. The molecule has 1 heterocycles. The number of halogens is 1. The second-order valence-electron chi connectivity index (χ2n) is 6.20. The van der Waals surface area contributed by atoms with Gasteiger partial charge in [-0.25, -0.2) is 0 Å². The zero-order valence-electron chi connectivity index (χ0n) is 15.5. The SMILES string of the molecule is COc1ccc(/C=C(\NC(=O)c2ccc(Cl)cc2)C(=O)N2CCOCC2)cc1. The van der Waals surface area contributed by atoms with E-state index in [1.165, 1.54) is 0 Å². The van der Waals surface area contributed by atoms with E-state index in [2.05, 4.69) is 5.32 Å². The van der Waals surface area contributed by atoms with Gasteiger partial charge in [-0.1, -0.05) is 23.7 Å². The van der Waals surface area contributed by atoms with E-state index in [1.807, 2.05) is 12.1 Å². The summed E-state index contributed by atoms with van der Waals surface area (Å²) < 4.78 is 10.5. The average molecular weight is 401 g/mol. The first kappa shape index (κ1) is 19.9. The van der Waals surface area contributed by atoms with Crippen LogP contribution in [0.1, 0.15) is 15.9 Å². The van der Waals surface area contributed by atoms with Gasteiger partial charge in [0.15, 0.2) is 0 Å². The Labute approximate surface area is 168 Å². The Hall–Kier alpha value is -2.83. The summed E-state index contributed by atoms with van der Waals surface area (Å²) >= 11 is 5.88. The zero-order chi connectivity index (χ0) is 19.9. The van der Waals surface area contributed by atoms with Crippen LogP contribution in [0.2, 0.25) is 5.02 Å². The molecule has 2 aromatic rings. The minimum absolute atomic E-state index is 0.201. The van der Waals surface area contributed by atoms with E-state index in [-0.39, 0.29) is 17.5 Å². The van der Waals surface area contributed by atoms with Crippen LogP contribution >= 0.6 is 11.6 Å². The van der Waals surface area contributed by atoms with Gasteiger partial charge in [0.25, 0.3) is 11.8 Å². The minimum Gasteiger partial charge on any atom is -0.497 e. The van der Waals surface area contributed by atoms with Gasteiger partial charge in [-0.2, -0.15) is 0 Å². The van der Waals surface area contributed by atoms with Gasteiger partial charge in [0.1, 0.15) is 11.4 Å². The third kappa shape index (κ3) is 5.12. The first-order valence-electron chi connectivity index (χ1n) is 8.86. The highest BCUT2D eigenvalue weighted by Crippen LogP contribution is 2.16. The van der Waals surface area contributed by atoms with Crippen molar-refractivity contribution < 1.29 is 19.1 Å². The highest BCUT2D eigenvalue weighted by Gasteiger charge is 2.22. The van der Waals surface area contributed by atoms with Gasteiger partial charge >= 0.3 is 0 Å². The molecule has 28 heavy (non-hydrogen) atoms. The van der Waals surface area contributed by atoms with Crippen molar-refractivity contribution in [1.29, 1.82) is 0 Å². The Morgan fingerprint density at radius 1 is 1.07 bits per heavy atom. The highest BCUT2D eigenvalue weighted by molar-refractivity contribution is 6.30. The van der Waals surface area contributed by atoms with Crippen LogP contribution < -0.4 is 10.1 Å². The smallest absolute Gasteiger partial charge is 0.270 e. The number of hydrogen-bond acceptors (Lipinski definition) is 4. The van der Waals surface area contributed by atoms with E-state index in [0.29, 0.717) is 42.6 Å². The lowest BCUT2D eigenvalue weighted by Gasteiger charge is -2.27. The van der Waals surface area contributed by atoms with Crippen LogP contribution in [0, 0.1) is 0 Å². The summed E-state index contributed by atoms with van der Waals surface area (Å²) in [5, 5.41) is 3.28. The van der Waals surface area contributed by atoms with Crippen LogP contribution in [0.25, 0.3) is 6.08 Å². The Balaban J connectivity index is 1.86. The van der Waals surface area contributed by atoms with Crippen molar-refractivity contribution in [3.63, 3.8) is 0 Å². The molecule has 0 spiro atoms. The Bertz CT molecular complexity index is 857. The van der Waals surface area contributed by atoms with Gasteiger partial charge in [-0.05, 0) is 48.0 Å². The lowest BCUT2D eigenvalue weighted by molar-refractivity contribution is -0.131. The minimum atomic E-state index is -0.377. The van der Waals surface area contributed by atoms with Crippen molar-refractivity contribution in [2.24, 2.45) is 0 Å². The molecule has 3 rings (SSSR count). The van der Waals surface area contributed by atoms with Crippen molar-refractivity contribution in [2.45, 2.75) is 0 Å². The van der Waals surface area contributed by atoms with E-state index >= 15 is 0 Å². The van der Waals surface area contributed by atoms with E-state index in [4.69, 9.17) is 21.1 Å². The quantitative estimate of drug-likeness (QED) is 0.783. The zero-order valence-corrected chi connectivity index (χ0v) is 16.2. The molecular weight excluding hydrogens is 380 g/mol. The van der Waals surface area contributed by atoms with Crippen molar-refractivity contribution in [1.82, 2.24) is 10.2 Å². The molecule has 1 N–H and O–H groups in total. The third-order valence-corrected chi connectivity index (χ3v) is 4.56. The lowest BCUT2D eigenvalue weighted by Crippen LogP contribution is -2.44. The molecule has 0 aromatic heterocycles.